The van der Waals surface area contributed by atoms with E-state index in [0.717, 1.165) is 28.6 Å². The van der Waals surface area contributed by atoms with E-state index in [0.29, 0.717) is 41.7 Å². The largest absolute Gasteiger partial charge is 0.515 e. The fraction of sp³-hybridized carbons (Fsp3) is 0.172. The molecule has 0 saturated heterocycles. The molecule has 3 aromatic rings. The molecule has 0 bridgehead atoms. The van der Waals surface area contributed by atoms with Crippen molar-refractivity contribution in [1.82, 2.24) is 4.98 Å². The van der Waals surface area contributed by atoms with E-state index in [4.69, 9.17) is 14.7 Å². The van der Waals surface area contributed by atoms with Crippen LogP contribution in [-0.2, 0) is 0 Å². The minimum atomic E-state index is -0.591. The summed E-state index contributed by atoms with van der Waals surface area (Å²) in [6.07, 6.45) is 6.54. The summed E-state index contributed by atoms with van der Waals surface area (Å²) in [5.74, 6) is 0.532. The maximum atomic E-state index is 14.5. The molecule has 1 aliphatic heterocycles. The van der Waals surface area contributed by atoms with Gasteiger partial charge in [-0.2, -0.15) is 5.26 Å². The quantitative estimate of drug-likeness (QED) is 0.322. The predicted octanol–water partition coefficient (Wildman–Crippen LogP) is 6.42. The summed E-state index contributed by atoms with van der Waals surface area (Å²) in [6, 6.07) is 16.2. The second-order valence-electron chi connectivity index (χ2n) is 8.22. The molecule has 182 valence electrons. The Kier molecular flexibility index (Phi) is 7.36. The van der Waals surface area contributed by atoms with Crippen LogP contribution in [0.4, 0.5) is 10.1 Å². The first-order valence-corrected chi connectivity index (χ1v) is 11.4. The summed E-state index contributed by atoms with van der Waals surface area (Å²) in [5.41, 5.74) is 5.44. The molecule has 2 aromatic carbocycles. The molecule has 0 spiro atoms. The van der Waals surface area contributed by atoms with E-state index in [1.165, 1.54) is 12.1 Å². The van der Waals surface area contributed by atoms with Crippen molar-refractivity contribution in [3.8, 4) is 28.8 Å². The summed E-state index contributed by atoms with van der Waals surface area (Å²) in [6.45, 7) is 4.64. The third-order valence-corrected chi connectivity index (χ3v) is 5.98. The van der Waals surface area contributed by atoms with Gasteiger partial charge in [0.2, 0.25) is 0 Å². The first-order valence-electron chi connectivity index (χ1n) is 11.4. The third kappa shape index (κ3) is 5.08. The maximum Gasteiger partial charge on any atom is 0.257 e. The number of nitriles is 1. The number of aliphatic hydroxyl groups is 1. The fourth-order valence-corrected chi connectivity index (χ4v) is 3.89. The molecule has 0 atom stereocenters. The number of ether oxygens (including phenoxy) is 2. The Morgan fingerprint density at radius 3 is 2.53 bits per heavy atom. The number of rotatable bonds is 6. The van der Waals surface area contributed by atoms with Crippen LogP contribution in [0.3, 0.4) is 0 Å². The Bertz CT molecular complexity index is 1400. The molecular weight excluding hydrogens is 457 g/mol. The lowest BCUT2D eigenvalue weighted by molar-refractivity contribution is 0.164. The van der Waals surface area contributed by atoms with Gasteiger partial charge in [-0.15, -0.1) is 0 Å². The zero-order valence-corrected chi connectivity index (χ0v) is 20.3. The lowest BCUT2D eigenvalue weighted by Crippen LogP contribution is -2.16. The Morgan fingerprint density at radius 1 is 1.11 bits per heavy atom. The molecule has 2 heterocycles. The van der Waals surface area contributed by atoms with Crippen molar-refractivity contribution in [1.29, 1.82) is 5.26 Å². The Labute approximate surface area is 209 Å². The molecule has 0 radical (unpaired) electrons. The van der Waals surface area contributed by atoms with Crippen LogP contribution < -0.4 is 14.4 Å². The van der Waals surface area contributed by atoms with Crippen molar-refractivity contribution in [2.45, 2.75) is 13.8 Å². The van der Waals surface area contributed by atoms with Gasteiger partial charge in [0.05, 0.1) is 11.8 Å². The van der Waals surface area contributed by atoms with Crippen molar-refractivity contribution >= 4 is 11.4 Å². The number of hydrogen-bond acceptors (Lipinski definition) is 6. The van der Waals surface area contributed by atoms with Crippen LogP contribution in [-0.4, -0.2) is 30.4 Å². The van der Waals surface area contributed by atoms with E-state index in [1.807, 2.05) is 67.4 Å². The van der Waals surface area contributed by atoms with Gasteiger partial charge in [-0.05, 0) is 67.0 Å². The number of benzene rings is 2. The van der Waals surface area contributed by atoms with Gasteiger partial charge in [-0.3, -0.25) is 0 Å². The summed E-state index contributed by atoms with van der Waals surface area (Å²) < 4.78 is 25.7. The number of nitrogens with zero attached hydrogens (tertiary/aromatic N) is 3. The average molecular weight is 484 g/mol. The van der Waals surface area contributed by atoms with Crippen LogP contribution in [0.2, 0.25) is 0 Å². The average Bonchev–Trinajstić information content (AvgIpc) is 2.92. The Hall–Kier alpha value is -4.57. The van der Waals surface area contributed by atoms with Gasteiger partial charge >= 0.3 is 0 Å². The van der Waals surface area contributed by atoms with Gasteiger partial charge in [0.15, 0.2) is 5.75 Å². The maximum absolute atomic E-state index is 14.5. The lowest BCUT2D eigenvalue weighted by atomic mass is 10.0. The number of anilines is 1. The molecule has 0 aliphatic carbocycles. The number of aliphatic hydroxyl groups excluding tert-OH is 1. The van der Waals surface area contributed by atoms with Crippen molar-refractivity contribution < 1.29 is 19.0 Å². The Morgan fingerprint density at radius 2 is 1.86 bits per heavy atom. The first-order chi connectivity index (χ1) is 17.4. The van der Waals surface area contributed by atoms with Crippen LogP contribution in [0.25, 0.3) is 16.8 Å². The van der Waals surface area contributed by atoms with Gasteiger partial charge in [-0.25, -0.2) is 9.37 Å². The molecule has 36 heavy (non-hydrogen) atoms. The zero-order chi connectivity index (χ0) is 25.7. The van der Waals surface area contributed by atoms with Crippen LogP contribution in [0.15, 0.2) is 84.3 Å². The summed E-state index contributed by atoms with van der Waals surface area (Å²) in [7, 11) is 1.88. The number of halogens is 1. The fourth-order valence-electron chi connectivity index (χ4n) is 3.89. The topological polar surface area (TPSA) is 78.6 Å². The number of fused-ring (bicyclic) bond motifs is 1. The van der Waals surface area contributed by atoms with Gasteiger partial charge in [-0.1, -0.05) is 24.3 Å². The normalized spacial score (nSPS) is 13.8. The monoisotopic (exact) mass is 483 g/mol. The van der Waals surface area contributed by atoms with Gasteiger partial charge < -0.3 is 19.5 Å². The summed E-state index contributed by atoms with van der Waals surface area (Å²) in [5, 5.41) is 18.7. The minimum Gasteiger partial charge on any atom is -0.515 e. The van der Waals surface area contributed by atoms with Crippen LogP contribution in [0.5, 0.6) is 11.6 Å². The van der Waals surface area contributed by atoms with Crippen molar-refractivity contribution in [2.75, 3.05) is 25.2 Å². The third-order valence-electron chi connectivity index (χ3n) is 5.98. The number of pyridine rings is 1. The molecule has 0 unspecified atom stereocenters. The number of allylic oxidation sites excluding steroid dienone is 4. The summed E-state index contributed by atoms with van der Waals surface area (Å²) >= 11 is 0. The van der Waals surface area contributed by atoms with E-state index in [1.54, 1.807) is 19.2 Å². The molecule has 7 heteroatoms. The van der Waals surface area contributed by atoms with Crippen molar-refractivity contribution in [3.05, 3.63) is 101 Å². The highest BCUT2D eigenvalue weighted by Gasteiger charge is 2.16. The molecular formula is C29H26FN3O3. The van der Waals surface area contributed by atoms with Crippen LogP contribution in [0, 0.1) is 17.1 Å². The van der Waals surface area contributed by atoms with Crippen molar-refractivity contribution in [2.24, 2.45) is 0 Å². The highest BCUT2D eigenvalue weighted by molar-refractivity contribution is 5.82. The van der Waals surface area contributed by atoms with E-state index in [9.17, 15) is 9.50 Å². The number of aromatic nitrogens is 1. The van der Waals surface area contributed by atoms with E-state index in [-0.39, 0.29) is 5.56 Å². The molecule has 1 aromatic heterocycles. The van der Waals surface area contributed by atoms with Gasteiger partial charge in [0.25, 0.3) is 5.88 Å². The van der Waals surface area contributed by atoms with Crippen LogP contribution >= 0.6 is 0 Å². The molecule has 0 saturated carbocycles. The first kappa shape index (κ1) is 24.6. The van der Waals surface area contributed by atoms with Gasteiger partial charge in [0.1, 0.15) is 25.1 Å². The zero-order valence-electron chi connectivity index (χ0n) is 20.3. The Balaban J connectivity index is 1.71. The molecule has 1 N–H and O–H groups in total. The summed E-state index contributed by atoms with van der Waals surface area (Å²) in [4.78, 5) is 6.28. The second-order valence-corrected chi connectivity index (χ2v) is 8.22. The standard InChI is InChI=1S/C29H26FN3O3/c1-4-20(19(2)18-34)14-27(22-5-6-23(16-31)26(30)13-22)33(3)25-9-7-21(8-10-25)24-15-28-29(32-17-24)36-12-11-35-28/h4-10,13-15,17-18,34H,11-12H2,1-3H3/b19-18+,20-4+,27-14-. The highest BCUT2D eigenvalue weighted by Crippen LogP contribution is 2.34. The molecule has 0 fully saturated rings. The van der Waals surface area contributed by atoms with Crippen LogP contribution in [0.1, 0.15) is 25.0 Å². The highest BCUT2D eigenvalue weighted by atomic mass is 19.1. The second kappa shape index (κ2) is 10.8. The lowest BCUT2D eigenvalue weighted by Gasteiger charge is -2.24. The van der Waals surface area contributed by atoms with E-state index >= 15 is 0 Å². The minimum absolute atomic E-state index is 0.0177. The smallest absolute Gasteiger partial charge is 0.257 e. The SMILES string of the molecule is C/C=C(\C=C(\c1ccc(C#N)c(F)c1)N(C)c1ccc(-c2cnc3c(c2)OCCO3)cc1)C(/C)=C/O. The van der Waals surface area contributed by atoms with Crippen molar-refractivity contribution in [3.63, 3.8) is 0 Å². The van der Waals surface area contributed by atoms with Gasteiger partial charge in [0, 0.05) is 35.8 Å². The number of hydrogen-bond donors (Lipinski definition) is 1. The molecule has 1 aliphatic rings. The predicted molar refractivity (Wildman–Crippen MR) is 138 cm³/mol. The molecule has 6 nitrogen and oxygen atoms in total. The van der Waals surface area contributed by atoms with E-state index < -0.39 is 5.82 Å². The molecule has 4 rings (SSSR count). The van der Waals surface area contributed by atoms with E-state index in [2.05, 4.69) is 4.98 Å². The molecule has 0 amide bonds.